The normalized spacial score (nSPS) is 13.1. The molecule has 0 amide bonds. The van der Waals surface area contributed by atoms with Crippen molar-refractivity contribution in [2.45, 2.75) is 6.97 Å². The van der Waals surface area contributed by atoms with Crippen LogP contribution in [0.4, 0.5) is 0 Å². The van der Waals surface area contributed by atoms with E-state index in [1.807, 2.05) is 12.1 Å². The first-order valence-electron chi connectivity index (χ1n) is 6.02. The van der Waals surface area contributed by atoms with Gasteiger partial charge in [-0.3, -0.25) is 0 Å². The molecule has 0 saturated carbocycles. The Bertz CT molecular complexity index is 746. The summed E-state index contributed by atoms with van der Waals surface area (Å²) in [6, 6.07) is 8.48. The fraction of sp³-hybridized carbons (Fsp3) is 0.143. The van der Waals surface area contributed by atoms with Crippen molar-refractivity contribution in [2.24, 2.45) is 0 Å². The second-order valence-electron chi connectivity index (χ2n) is 4.52. The molecule has 0 saturated heterocycles. The van der Waals surface area contributed by atoms with E-state index in [-0.39, 0.29) is 15.2 Å². The van der Waals surface area contributed by atoms with Crippen LogP contribution in [-0.2, 0) is 3.23 Å². The zero-order valence-corrected chi connectivity index (χ0v) is 17.0. The Labute approximate surface area is 159 Å². The van der Waals surface area contributed by atoms with Gasteiger partial charge in [-0.25, -0.2) is 0 Å². The summed E-state index contributed by atoms with van der Waals surface area (Å²) in [6.45, 7) is 0. The first-order valence-corrected chi connectivity index (χ1v) is 9.44. The minimum absolute atomic E-state index is 0.302. The van der Waals surface area contributed by atoms with Gasteiger partial charge in [0.25, 0.3) is 0 Å². The van der Waals surface area contributed by atoms with E-state index in [1.54, 1.807) is 12.1 Å². The van der Waals surface area contributed by atoms with E-state index in [0.717, 1.165) is 0 Å². The van der Waals surface area contributed by atoms with Gasteiger partial charge in [-0.1, -0.05) is 75.9 Å². The summed E-state index contributed by atoms with van der Waals surface area (Å²) in [6.07, 6.45) is 0. The van der Waals surface area contributed by atoms with Crippen molar-refractivity contribution in [3.63, 3.8) is 0 Å². The number of rotatable bonds is 2. The van der Waals surface area contributed by atoms with E-state index in [9.17, 15) is 10.2 Å². The van der Waals surface area contributed by atoms with Gasteiger partial charge in [-0.2, -0.15) is 0 Å². The third kappa shape index (κ3) is 2.64. The van der Waals surface area contributed by atoms with Gasteiger partial charge in [0.2, 0.25) is 0 Å². The Morgan fingerprint density at radius 3 is 2.14 bits per heavy atom. The lowest BCUT2D eigenvalue weighted by Gasteiger charge is -2.30. The third-order valence-corrected chi connectivity index (χ3v) is 8.63. The lowest BCUT2D eigenvalue weighted by molar-refractivity contribution is 0.340. The molecular formula is C14H8Br4O4. The van der Waals surface area contributed by atoms with Gasteiger partial charge >= 0.3 is 0 Å². The van der Waals surface area contributed by atoms with E-state index < -0.39 is 3.23 Å². The standard InChI is InChI=1S/C14H8Br4O4/c15-13(16)14(17,18)10-11(20)6(19)5-9-12(10)22-8-4-2-1-3-7(8)21-9/h1-5,13,19-20H. The molecule has 0 radical (unpaired) electrons. The van der Waals surface area contributed by atoms with Gasteiger partial charge < -0.3 is 19.7 Å². The fourth-order valence-electron chi connectivity index (χ4n) is 2.06. The Balaban J connectivity index is 2.23. The largest absolute Gasteiger partial charge is 0.504 e. The molecule has 0 atom stereocenters. The van der Waals surface area contributed by atoms with Crippen molar-refractivity contribution in [3.8, 4) is 34.5 Å². The van der Waals surface area contributed by atoms with Crippen LogP contribution in [0.3, 0.4) is 0 Å². The Morgan fingerprint density at radius 2 is 1.55 bits per heavy atom. The Morgan fingerprint density at radius 1 is 0.955 bits per heavy atom. The van der Waals surface area contributed by atoms with Crippen molar-refractivity contribution >= 4 is 63.7 Å². The predicted molar refractivity (Wildman–Crippen MR) is 97.5 cm³/mol. The van der Waals surface area contributed by atoms with Gasteiger partial charge in [-0.15, -0.1) is 0 Å². The number of halogens is 4. The summed E-state index contributed by atoms with van der Waals surface area (Å²) in [4.78, 5) is 0. The molecule has 3 rings (SSSR count). The molecule has 8 heteroatoms. The SMILES string of the molecule is Oc1cc2c(c(C(Br)(Br)C(Br)Br)c1O)Oc1ccccc1O2. The molecule has 1 heterocycles. The molecule has 0 spiro atoms. The number of hydrogen-bond acceptors (Lipinski definition) is 4. The lowest BCUT2D eigenvalue weighted by Crippen LogP contribution is -2.19. The number of hydrogen-bond donors (Lipinski definition) is 2. The number of aromatic hydroxyl groups is 2. The number of fused-ring (bicyclic) bond motifs is 2. The van der Waals surface area contributed by atoms with Crippen LogP contribution in [0.5, 0.6) is 34.5 Å². The summed E-state index contributed by atoms with van der Waals surface area (Å²) in [5.74, 6) is 1.08. The molecule has 116 valence electrons. The van der Waals surface area contributed by atoms with Crippen LogP contribution < -0.4 is 9.47 Å². The van der Waals surface area contributed by atoms with Crippen LogP contribution in [0.1, 0.15) is 5.56 Å². The number of alkyl halides is 4. The summed E-state index contributed by atoms with van der Waals surface area (Å²) in [7, 11) is 0. The number of benzene rings is 2. The van der Waals surface area contributed by atoms with E-state index in [2.05, 4.69) is 63.7 Å². The van der Waals surface area contributed by atoms with Gasteiger partial charge in [0.05, 0.1) is 9.30 Å². The second-order valence-corrected chi connectivity index (χ2v) is 11.1. The van der Waals surface area contributed by atoms with Crippen LogP contribution in [0.2, 0.25) is 0 Å². The average Bonchev–Trinajstić information content (AvgIpc) is 2.46. The first-order chi connectivity index (χ1) is 10.3. The van der Waals surface area contributed by atoms with Crippen molar-refractivity contribution in [3.05, 3.63) is 35.9 Å². The molecule has 0 aromatic heterocycles. The van der Waals surface area contributed by atoms with Gasteiger partial charge in [0, 0.05) is 6.07 Å². The van der Waals surface area contributed by atoms with Gasteiger partial charge in [0.1, 0.15) is 3.23 Å². The molecule has 22 heavy (non-hydrogen) atoms. The van der Waals surface area contributed by atoms with Crippen LogP contribution in [0.25, 0.3) is 0 Å². The van der Waals surface area contributed by atoms with E-state index in [4.69, 9.17) is 9.47 Å². The molecule has 2 aromatic rings. The Kier molecular flexibility index (Phi) is 4.39. The predicted octanol–water partition coefficient (Wildman–Crippen LogP) is 6.05. The van der Waals surface area contributed by atoms with Crippen LogP contribution in [-0.4, -0.2) is 13.9 Å². The van der Waals surface area contributed by atoms with Crippen molar-refractivity contribution in [1.29, 1.82) is 0 Å². The van der Waals surface area contributed by atoms with Gasteiger partial charge in [-0.05, 0) is 12.1 Å². The number of phenols is 2. The quantitative estimate of drug-likeness (QED) is 0.296. The lowest BCUT2D eigenvalue weighted by atomic mass is 10.1. The smallest absolute Gasteiger partial charge is 0.179 e. The second kappa shape index (κ2) is 5.89. The highest BCUT2D eigenvalue weighted by Crippen LogP contribution is 2.60. The molecule has 1 aliphatic rings. The molecule has 0 unspecified atom stereocenters. The number of ether oxygens (including phenoxy) is 2. The molecular weight excluding hydrogens is 552 g/mol. The zero-order valence-electron chi connectivity index (χ0n) is 10.7. The van der Waals surface area contributed by atoms with E-state index >= 15 is 0 Å². The van der Waals surface area contributed by atoms with Crippen LogP contribution in [0, 0.1) is 0 Å². The van der Waals surface area contributed by atoms with Crippen molar-refractivity contribution in [1.82, 2.24) is 0 Å². The molecule has 0 aliphatic carbocycles. The van der Waals surface area contributed by atoms with Crippen LogP contribution in [0.15, 0.2) is 30.3 Å². The van der Waals surface area contributed by atoms with Crippen molar-refractivity contribution in [2.75, 3.05) is 0 Å². The molecule has 1 aliphatic heterocycles. The molecule has 2 aromatic carbocycles. The minimum atomic E-state index is -0.942. The monoisotopic (exact) mass is 556 g/mol. The zero-order chi connectivity index (χ0) is 16.1. The maximum absolute atomic E-state index is 10.3. The Hall–Kier alpha value is -0.440. The number of phenolic OH excluding ortho intramolecular Hbond substituents is 2. The van der Waals surface area contributed by atoms with Crippen molar-refractivity contribution < 1.29 is 19.7 Å². The molecule has 2 N–H and O–H groups in total. The minimum Gasteiger partial charge on any atom is -0.504 e. The third-order valence-electron chi connectivity index (χ3n) is 3.09. The van der Waals surface area contributed by atoms with E-state index in [0.29, 0.717) is 28.6 Å². The topological polar surface area (TPSA) is 58.9 Å². The highest BCUT2D eigenvalue weighted by Gasteiger charge is 2.41. The molecule has 4 nitrogen and oxygen atoms in total. The van der Waals surface area contributed by atoms with Crippen LogP contribution >= 0.6 is 63.7 Å². The summed E-state index contributed by atoms with van der Waals surface area (Å²) >= 11 is 13.7. The number of para-hydroxylation sites is 2. The van der Waals surface area contributed by atoms with E-state index in [1.165, 1.54) is 6.07 Å². The summed E-state index contributed by atoms with van der Waals surface area (Å²) < 4.78 is 10.4. The average molecular weight is 560 g/mol. The molecule has 0 fully saturated rings. The maximum atomic E-state index is 10.3. The fourth-order valence-corrected chi connectivity index (χ4v) is 3.25. The highest BCUT2D eigenvalue weighted by atomic mass is 79.9. The first kappa shape index (κ1) is 16.4. The van der Waals surface area contributed by atoms with Gasteiger partial charge in [0.15, 0.2) is 34.5 Å². The summed E-state index contributed by atoms with van der Waals surface area (Å²) in [5, 5.41) is 20.3. The maximum Gasteiger partial charge on any atom is 0.179 e. The molecule has 0 bridgehead atoms. The summed E-state index contributed by atoms with van der Waals surface area (Å²) in [5.41, 5.74) is 0.302. The highest BCUT2D eigenvalue weighted by molar-refractivity contribution is 9.29.